The Hall–Kier alpha value is -3.38. The maximum atomic E-state index is 13.5. The standard InChI is InChI=1S/C24H21FN4S/c1-16-7-8-17(2)22(14-16)27-24-29(28-18(3)21-6-4-5-13-26-21)23(15-30-24)19-9-11-20(25)12-10-19/h4-15H,1-3H3. The van der Waals surface area contributed by atoms with Gasteiger partial charge in [-0.25, -0.2) is 14.1 Å². The molecule has 0 N–H and O–H groups in total. The van der Waals surface area contributed by atoms with E-state index < -0.39 is 0 Å². The zero-order valence-electron chi connectivity index (χ0n) is 17.0. The molecule has 30 heavy (non-hydrogen) atoms. The predicted molar refractivity (Wildman–Crippen MR) is 121 cm³/mol. The van der Waals surface area contributed by atoms with Crippen molar-refractivity contribution < 1.29 is 4.39 Å². The summed E-state index contributed by atoms with van der Waals surface area (Å²) >= 11 is 1.50. The van der Waals surface area contributed by atoms with Crippen molar-refractivity contribution in [3.63, 3.8) is 0 Å². The van der Waals surface area contributed by atoms with E-state index in [1.807, 2.05) is 49.0 Å². The first-order chi connectivity index (χ1) is 14.5. The van der Waals surface area contributed by atoms with Crippen LogP contribution in [0.4, 0.5) is 10.1 Å². The van der Waals surface area contributed by atoms with Gasteiger partial charge in [-0.15, -0.1) is 11.3 Å². The van der Waals surface area contributed by atoms with Crippen molar-refractivity contribution >= 4 is 22.7 Å². The summed E-state index contributed by atoms with van der Waals surface area (Å²) in [6.07, 6.45) is 1.74. The first-order valence-corrected chi connectivity index (χ1v) is 10.4. The van der Waals surface area contributed by atoms with Crippen LogP contribution in [0.1, 0.15) is 23.7 Å². The average Bonchev–Trinajstić information content (AvgIpc) is 3.14. The van der Waals surface area contributed by atoms with Crippen LogP contribution in [0.5, 0.6) is 0 Å². The zero-order chi connectivity index (χ0) is 21.1. The molecule has 0 saturated heterocycles. The number of rotatable bonds is 4. The largest absolute Gasteiger partial charge is 0.255 e. The van der Waals surface area contributed by atoms with Crippen LogP contribution < -0.4 is 4.80 Å². The molecule has 4 nitrogen and oxygen atoms in total. The number of aryl methyl sites for hydroxylation is 2. The Morgan fingerprint density at radius 3 is 2.57 bits per heavy atom. The van der Waals surface area contributed by atoms with Gasteiger partial charge < -0.3 is 0 Å². The van der Waals surface area contributed by atoms with Crippen LogP contribution in [-0.2, 0) is 0 Å². The third kappa shape index (κ3) is 4.28. The second kappa shape index (κ2) is 8.55. The molecule has 0 aliphatic heterocycles. The molecule has 6 heteroatoms. The quantitative estimate of drug-likeness (QED) is 0.384. The van der Waals surface area contributed by atoms with Crippen LogP contribution >= 0.6 is 11.3 Å². The van der Waals surface area contributed by atoms with Gasteiger partial charge >= 0.3 is 0 Å². The Kier molecular flexibility index (Phi) is 5.68. The van der Waals surface area contributed by atoms with Gasteiger partial charge in [-0.3, -0.25) is 4.98 Å². The number of nitrogens with zero attached hydrogens (tertiary/aromatic N) is 4. The second-order valence-electron chi connectivity index (χ2n) is 7.02. The molecule has 0 unspecified atom stereocenters. The van der Waals surface area contributed by atoms with E-state index in [2.05, 4.69) is 23.2 Å². The van der Waals surface area contributed by atoms with Crippen LogP contribution in [-0.4, -0.2) is 15.4 Å². The summed E-state index contributed by atoms with van der Waals surface area (Å²) in [6, 6.07) is 18.3. The van der Waals surface area contributed by atoms with Gasteiger partial charge in [0, 0.05) is 17.1 Å². The van der Waals surface area contributed by atoms with E-state index in [1.165, 1.54) is 23.5 Å². The maximum Gasteiger partial charge on any atom is 0.211 e. The van der Waals surface area contributed by atoms with E-state index in [-0.39, 0.29) is 5.82 Å². The fraction of sp³-hybridized carbons (Fsp3) is 0.125. The number of hydrogen-bond donors (Lipinski definition) is 0. The van der Waals surface area contributed by atoms with Crippen LogP contribution in [0.25, 0.3) is 11.3 Å². The molecule has 4 rings (SSSR count). The SMILES string of the molecule is CC(=Nn1c(-c2ccc(F)cc2)csc1=Nc1cc(C)ccc1C)c1ccccn1. The highest BCUT2D eigenvalue weighted by Crippen LogP contribution is 2.23. The summed E-state index contributed by atoms with van der Waals surface area (Å²) in [5.74, 6) is -0.269. The lowest BCUT2D eigenvalue weighted by atomic mass is 10.1. The van der Waals surface area contributed by atoms with Gasteiger partial charge in [-0.05, 0) is 74.4 Å². The van der Waals surface area contributed by atoms with Crippen molar-refractivity contribution in [2.75, 3.05) is 0 Å². The van der Waals surface area contributed by atoms with Crippen LogP contribution in [0.3, 0.4) is 0 Å². The van der Waals surface area contributed by atoms with E-state index in [0.29, 0.717) is 0 Å². The second-order valence-corrected chi connectivity index (χ2v) is 7.86. The molecular weight excluding hydrogens is 395 g/mol. The van der Waals surface area contributed by atoms with Gasteiger partial charge in [-0.1, -0.05) is 18.2 Å². The van der Waals surface area contributed by atoms with Crippen molar-refractivity contribution in [1.29, 1.82) is 0 Å². The van der Waals surface area contributed by atoms with Crippen molar-refractivity contribution in [3.8, 4) is 11.3 Å². The minimum Gasteiger partial charge on any atom is -0.255 e. The van der Waals surface area contributed by atoms with E-state index in [1.54, 1.807) is 18.3 Å². The molecular formula is C24H21FN4S. The van der Waals surface area contributed by atoms with Gasteiger partial charge in [-0.2, -0.15) is 5.10 Å². The molecule has 4 aromatic rings. The highest BCUT2D eigenvalue weighted by Gasteiger charge is 2.10. The molecule has 0 atom stereocenters. The van der Waals surface area contributed by atoms with Crippen LogP contribution in [0.15, 0.2) is 82.3 Å². The molecule has 2 aromatic heterocycles. The number of pyridine rings is 1. The average molecular weight is 417 g/mol. The summed E-state index contributed by atoms with van der Waals surface area (Å²) in [4.78, 5) is 10.0. The molecule has 0 amide bonds. The van der Waals surface area contributed by atoms with Crippen LogP contribution in [0, 0.1) is 19.7 Å². The number of aromatic nitrogens is 2. The Morgan fingerprint density at radius 1 is 1.03 bits per heavy atom. The fourth-order valence-electron chi connectivity index (χ4n) is 3.01. The van der Waals surface area contributed by atoms with E-state index in [0.717, 1.165) is 44.3 Å². The molecule has 0 fully saturated rings. The molecule has 2 heterocycles. The molecule has 0 aliphatic rings. The van der Waals surface area contributed by atoms with Crippen LogP contribution in [0.2, 0.25) is 0 Å². The third-order valence-corrected chi connectivity index (χ3v) is 5.51. The summed E-state index contributed by atoms with van der Waals surface area (Å²) in [7, 11) is 0. The number of halogens is 1. The fourth-order valence-corrected chi connectivity index (χ4v) is 3.86. The zero-order valence-corrected chi connectivity index (χ0v) is 17.8. The Labute approximate surface area is 178 Å². The highest BCUT2D eigenvalue weighted by atomic mass is 32.1. The molecule has 0 bridgehead atoms. The lowest BCUT2D eigenvalue weighted by Crippen LogP contribution is -2.14. The maximum absolute atomic E-state index is 13.5. The Balaban J connectivity index is 1.92. The molecule has 0 aliphatic carbocycles. The minimum atomic E-state index is -0.269. The summed E-state index contributed by atoms with van der Waals surface area (Å²) < 4.78 is 15.3. The van der Waals surface area contributed by atoms with E-state index in [9.17, 15) is 4.39 Å². The van der Waals surface area contributed by atoms with E-state index >= 15 is 0 Å². The highest BCUT2D eigenvalue weighted by molar-refractivity contribution is 7.07. The summed E-state index contributed by atoms with van der Waals surface area (Å²) in [5.41, 5.74) is 6.41. The van der Waals surface area contributed by atoms with E-state index in [4.69, 9.17) is 10.1 Å². The topological polar surface area (TPSA) is 42.5 Å². The summed E-state index contributed by atoms with van der Waals surface area (Å²) in [6.45, 7) is 6.01. The third-order valence-electron chi connectivity index (χ3n) is 4.69. The molecule has 0 saturated carbocycles. The van der Waals surface area contributed by atoms with Gasteiger partial charge in [0.25, 0.3) is 0 Å². The van der Waals surface area contributed by atoms with Crippen molar-refractivity contribution in [1.82, 2.24) is 9.66 Å². The van der Waals surface area contributed by atoms with Crippen molar-refractivity contribution in [3.05, 3.63) is 99.7 Å². The van der Waals surface area contributed by atoms with Crippen molar-refractivity contribution in [2.45, 2.75) is 20.8 Å². The lowest BCUT2D eigenvalue weighted by Gasteiger charge is -2.07. The normalized spacial score (nSPS) is 12.4. The molecule has 0 spiro atoms. The van der Waals surface area contributed by atoms with Gasteiger partial charge in [0.15, 0.2) is 0 Å². The first-order valence-electron chi connectivity index (χ1n) is 9.57. The predicted octanol–water partition coefficient (Wildman–Crippen LogP) is 5.87. The number of benzene rings is 2. The monoisotopic (exact) mass is 416 g/mol. The molecule has 150 valence electrons. The van der Waals surface area contributed by atoms with Crippen molar-refractivity contribution in [2.24, 2.45) is 10.1 Å². The minimum absolute atomic E-state index is 0.269. The van der Waals surface area contributed by atoms with Gasteiger partial charge in [0.05, 0.1) is 22.8 Å². The van der Waals surface area contributed by atoms with Gasteiger partial charge in [0.1, 0.15) is 5.82 Å². The summed E-state index contributed by atoms with van der Waals surface area (Å²) in [5, 5.41) is 6.82. The molecule has 2 aromatic carbocycles. The Bertz CT molecular complexity index is 1270. The number of thiazole rings is 1. The van der Waals surface area contributed by atoms with Gasteiger partial charge in [0.2, 0.25) is 4.80 Å². The Morgan fingerprint density at radius 2 is 1.83 bits per heavy atom. The smallest absolute Gasteiger partial charge is 0.211 e. The molecule has 0 radical (unpaired) electrons. The lowest BCUT2D eigenvalue weighted by molar-refractivity contribution is 0.628. The first kappa shape index (κ1) is 19.9. The number of hydrogen-bond acceptors (Lipinski definition) is 4.